The predicted molar refractivity (Wildman–Crippen MR) is 132 cm³/mol. The lowest BCUT2D eigenvalue weighted by Gasteiger charge is -2.38. The summed E-state index contributed by atoms with van der Waals surface area (Å²) in [7, 11) is 3.10. The lowest BCUT2D eigenvalue weighted by atomic mass is 9.94. The monoisotopic (exact) mass is 470 g/mol. The Balaban J connectivity index is 1.31. The number of benzene rings is 1. The minimum atomic E-state index is -0.132. The summed E-state index contributed by atoms with van der Waals surface area (Å²) in [5.41, 5.74) is 0.435. The van der Waals surface area contributed by atoms with Crippen LogP contribution in [-0.4, -0.2) is 72.2 Å². The van der Waals surface area contributed by atoms with E-state index in [0.29, 0.717) is 47.7 Å². The van der Waals surface area contributed by atoms with Gasteiger partial charge in [-0.15, -0.1) is 0 Å². The third-order valence-electron chi connectivity index (χ3n) is 7.38. The number of hydrogen-bond donors (Lipinski definition) is 0. The van der Waals surface area contributed by atoms with Crippen LogP contribution in [0.1, 0.15) is 45.4 Å². The summed E-state index contributed by atoms with van der Waals surface area (Å²) < 4.78 is 12.2. The fourth-order valence-corrected chi connectivity index (χ4v) is 5.25. The molecule has 2 aliphatic heterocycles. The lowest BCUT2D eigenvalue weighted by molar-refractivity contribution is -0.133. The maximum absolute atomic E-state index is 13.0. The van der Waals surface area contributed by atoms with Crippen molar-refractivity contribution in [2.24, 2.45) is 11.8 Å². The van der Waals surface area contributed by atoms with Crippen LogP contribution in [-0.2, 0) is 11.3 Å². The van der Waals surface area contributed by atoms with E-state index in [2.05, 4.69) is 16.8 Å². The Morgan fingerprint density at radius 1 is 1.09 bits per heavy atom. The lowest BCUT2D eigenvalue weighted by Crippen LogP contribution is -2.45. The first-order chi connectivity index (χ1) is 16.5. The molecule has 4 rings (SSSR count). The van der Waals surface area contributed by atoms with Crippen LogP contribution < -0.4 is 15.0 Å². The summed E-state index contributed by atoms with van der Waals surface area (Å²) in [6, 6.07) is 3.38. The summed E-state index contributed by atoms with van der Waals surface area (Å²) in [6.45, 7) is 8.02. The van der Waals surface area contributed by atoms with Gasteiger partial charge in [-0.1, -0.05) is 6.92 Å². The molecule has 1 unspecified atom stereocenters. The van der Waals surface area contributed by atoms with Gasteiger partial charge in [-0.3, -0.25) is 14.2 Å². The highest BCUT2D eigenvalue weighted by Gasteiger charge is 2.26. The van der Waals surface area contributed by atoms with Crippen molar-refractivity contribution in [1.82, 2.24) is 19.4 Å². The Hall–Kier alpha value is -2.61. The molecule has 0 bridgehead atoms. The molecular formula is C26H38N4O4. The van der Waals surface area contributed by atoms with Gasteiger partial charge in [0.25, 0.3) is 5.56 Å². The first-order valence-corrected chi connectivity index (χ1v) is 12.6. The Kier molecular flexibility index (Phi) is 8.08. The van der Waals surface area contributed by atoms with Crippen LogP contribution in [0.25, 0.3) is 10.9 Å². The molecule has 0 aliphatic carbocycles. The molecular weight excluding hydrogens is 432 g/mol. The highest BCUT2D eigenvalue weighted by Crippen LogP contribution is 2.30. The molecule has 34 heavy (non-hydrogen) atoms. The van der Waals surface area contributed by atoms with Gasteiger partial charge in [-0.05, 0) is 63.1 Å². The van der Waals surface area contributed by atoms with Crippen LogP contribution in [0.3, 0.4) is 0 Å². The molecule has 8 nitrogen and oxygen atoms in total. The number of aromatic nitrogens is 2. The van der Waals surface area contributed by atoms with Gasteiger partial charge in [0, 0.05) is 38.7 Å². The summed E-state index contributed by atoms with van der Waals surface area (Å²) >= 11 is 0. The second kappa shape index (κ2) is 11.2. The molecule has 0 spiro atoms. The van der Waals surface area contributed by atoms with Crippen LogP contribution >= 0.6 is 0 Å². The average molecular weight is 471 g/mol. The molecule has 0 saturated carbocycles. The van der Waals surface area contributed by atoms with Gasteiger partial charge >= 0.3 is 0 Å². The zero-order valence-corrected chi connectivity index (χ0v) is 20.8. The number of amides is 1. The zero-order valence-electron chi connectivity index (χ0n) is 20.8. The molecule has 1 atom stereocenters. The average Bonchev–Trinajstić information content (AvgIpc) is 2.86. The maximum Gasteiger partial charge on any atom is 0.261 e. The molecule has 186 valence electrons. The second-order valence-corrected chi connectivity index (χ2v) is 9.90. The second-order valence-electron chi connectivity index (χ2n) is 9.90. The van der Waals surface area contributed by atoms with Crippen LogP contribution in [0.5, 0.6) is 11.5 Å². The van der Waals surface area contributed by atoms with Crippen molar-refractivity contribution < 1.29 is 14.3 Å². The van der Waals surface area contributed by atoms with Crippen molar-refractivity contribution in [2.45, 2.75) is 52.0 Å². The first-order valence-electron chi connectivity index (χ1n) is 12.6. The minimum absolute atomic E-state index is 0.132. The number of ether oxygens (including phenoxy) is 2. The van der Waals surface area contributed by atoms with E-state index in [1.165, 1.54) is 32.4 Å². The van der Waals surface area contributed by atoms with E-state index in [1.54, 1.807) is 37.2 Å². The van der Waals surface area contributed by atoms with E-state index >= 15 is 0 Å². The van der Waals surface area contributed by atoms with E-state index in [-0.39, 0.29) is 11.5 Å². The third kappa shape index (κ3) is 5.71. The summed E-state index contributed by atoms with van der Waals surface area (Å²) in [6.07, 6.45) is 7.49. The quantitative estimate of drug-likeness (QED) is 0.590. The maximum atomic E-state index is 13.0. The highest BCUT2D eigenvalue weighted by atomic mass is 16.5. The number of aryl methyl sites for hydroxylation is 1. The third-order valence-corrected chi connectivity index (χ3v) is 7.38. The van der Waals surface area contributed by atoms with Crippen LogP contribution in [0.15, 0.2) is 23.3 Å². The Morgan fingerprint density at radius 3 is 2.56 bits per heavy atom. The van der Waals surface area contributed by atoms with E-state index in [4.69, 9.17) is 9.47 Å². The predicted octanol–water partition coefficient (Wildman–Crippen LogP) is 3.16. The number of rotatable bonds is 8. The van der Waals surface area contributed by atoms with Gasteiger partial charge in [0.2, 0.25) is 5.91 Å². The molecule has 0 radical (unpaired) electrons. The summed E-state index contributed by atoms with van der Waals surface area (Å²) in [5, 5.41) is 0.484. The number of fused-ring (bicyclic) bond motifs is 1. The zero-order chi connectivity index (χ0) is 24.1. The van der Waals surface area contributed by atoms with Gasteiger partial charge in [-0.2, -0.15) is 0 Å². The molecule has 1 aromatic carbocycles. The van der Waals surface area contributed by atoms with Crippen molar-refractivity contribution >= 4 is 16.8 Å². The van der Waals surface area contributed by atoms with Crippen LogP contribution in [0, 0.1) is 11.8 Å². The fourth-order valence-electron chi connectivity index (χ4n) is 5.25. The number of nitrogens with zero attached hydrogens (tertiary/aromatic N) is 4. The molecule has 1 aromatic heterocycles. The standard InChI is InChI=1S/C26H38N4O4/c1-19-8-12-28(13-9-19)16-20-6-4-10-29(17-20)25(31)7-5-11-30-18-27-22-15-24(34-3)23(33-2)14-21(22)26(30)32/h14-15,18-20H,4-13,16-17H2,1-3H3. The van der Waals surface area contributed by atoms with Crippen molar-refractivity contribution in [3.8, 4) is 11.5 Å². The van der Waals surface area contributed by atoms with Gasteiger partial charge in [0.05, 0.1) is 31.4 Å². The van der Waals surface area contributed by atoms with E-state index < -0.39 is 0 Å². The topological polar surface area (TPSA) is 76.9 Å². The molecule has 2 fully saturated rings. The number of carbonyl (C=O) groups excluding carboxylic acids is 1. The first kappa shape index (κ1) is 24.5. The number of likely N-dealkylation sites (tertiary alicyclic amines) is 2. The normalized spacial score (nSPS) is 20.0. The van der Waals surface area contributed by atoms with E-state index in [0.717, 1.165) is 32.0 Å². The van der Waals surface area contributed by atoms with Gasteiger partial charge in [-0.25, -0.2) is 4.98 Å². The van der Waals surface area contributed by atoms with Crippen molar-refractivity contribution in [3.05, 3.63) is 28.8 Å². The fraction of sp³-hybridized carbons (Fsp3) is 0.654. The largest absolute Gasteiger partial charge is 0.493 e. The van der Waals surface area contributed by atoms with Crippen LogP contribution in [0.2, 0.25) is 0 Å². The number of carbonyl (C=O) groups is 1. The molecule has 1 amide bonds. The van der Waals surface area contributed by atoms with Crippen molar-refractivity contribution in [3.63, 3.8) is 0 Å². The molecule has 8 heteroatoms. The Bertz CT molecular complexity index is 1050. The summed E-state index contributed by atoms with van der Waals surface area (Å²) in [5.74, 6) is 2.66. The Morgan fingerprint density at radius 2 is 1.82 bits per heavy atom. The van der Waals surface area contributed by atoms with E-state index in [9.17, 15) is 9.59 Å². The van der Waals surface area contributed by atoms with Gasteiger partial charge in [0.15, 0.2) is 11.5 Å². The van der Waals surface area contributed by atoms with Crippen LogP contribution in [0.4, 0.5) is 0 Å². The number of hydrogen-bond acceptors (Lipinski definition) is 6. The van der Waals surface area contributed by atoms with Gasteiger partial charge < -0.3 is 19.3 Å². The van der Waals surface area contributed by atoms with E-state index in [1.807, 2.05) is 4.90 Å². The molecule has 2 aliphatic rings. The molecule has 0 N–H and O–H groups in total. The smallest absolute Gasteiger partial charge is 0.261 e. The SMILES string of the molecule is COc1cc2ncn(CCCC(=O)N3CCCC(CN4CCC(C)CC4)C3)c(=O)c2cc1OC. The number of piperidine rings is 2. The van der Waals surface area contributed by atoms with Crippen molar-refractivity contribution in [2.75, 3.05) is 46.9 Å². The minimum Gasteiger partial charge on any atom is -0.493 e. The van der Waals surface area contributed by atoms with Gasteiger partial charge in [0.1, 0.15) is 0 Å². The molecule has 3 heterocycles. The number of methoxy groups -OCH3 is 2. The Labute approximate surface area is 201 Å². The van der Waals surface area contributed by atoms with Crippen molar-refractivity contribution in [1.29, 1.82) is 0 Å². The molecule has 2 aromatic rings. The highest BCUT2D eigenvalue weighted by molar-refractivity contribution is 5.81. The summed E-state index contributed by atoms with van der Waals surface area (Å²) in [4.78, 5) is 34.9. The molecule has 2 saturated heterocycles.